The van der Waals surface area contributed by atoms with Crippen LogP contribution in [0.1, 0.15) is 37.9 Å². The molecule has 0 aliphatic carbocycles. The molecule has 0 saturated carbocycles. The summed E-state index contributed by atoms with van der Waals surface area (Å²) >= 11 is 5.94. The van der Waals surface area contributed by atoms with Crippen LogP contribution in [0, 0.1) is 5.82 Å². The lowest BCUT2D eigenvalue weighted by Crippen LogP contribution is -2.45. The maximum Gasteiger partial charge on any atom is 0.335 e. The van der Waals surface area contributed by atoms with E-state index in [0.29, 0.717) is 17.7 Å². The maximum atomic E-state index is 14.8. The summed E-state index contributed by atoms with van der Waals surface area (Å²) in [5.74, 6) is -3.10. The molecule has 11 nitrogen and oxygen atoms in total. The molecule has 0 fully saturated rings. The molecule has 3 aromatic carbocycles. The first kappa shape index (κ1) is 28.5. The van der Waals surface area contributed by atoms with Gasteiger partial charge in [0.1, 0.15) is 29.4 Å². The van der Waals surface area contributed by atoms with E-state index in [1.165, 1.54) is 59.9 Å². The Morgan fingerprint density at radius 2 is 1.73 bits per heavy atom. The number of nitrogen functional groups attached to an aromatic ring is 1. The number of carboxylic acid groups (broad SMARTS) is 1. The van der Waals surface area contributed by atoms with Gasteiger partial charge in [-0.25, -0.2) is 23.8 Å². The second-order valence-corrected chi connectivity index (χ2v) is 10.4. The van der Waals surface area contributed by atoms with Gasteiger partial charge in [0.15, 0.2) is 5.82 Å². The molecule has 1 unspecified atom stereocenters. The van der Waals surface area contributed by atoms with Gasteiger partial charge < -0.3 is 21.1 Å². The van der Waals surface area contributed by atoms with Crippen molar-refractivity contribution < 1.29 is 23.9 Å². The molecule has 5 aromatic rings. The van der Waals surface area contributed by atoms with Gasteiger partial charge in [-0.2, -0.15) is 5.10 Å². The minimum Gasteiger partial charge on any atom is -0.478 e. The third kappa shape index (κ3) is 5.11. The molecule has 4 N–H and O–H groups in total. The van der Waals surface area contributed by atoms with Gasteiger partial charge in [0, 0.05) is 30.2 Å². The number of halogens is 2. The summed E-state index contributed by atoms with van der Waals surface area (Å²) < 4.78 is 15.9. The highest BCUT2D eigenvalue weighted by Gasteiger charge is 2.38. The normalized spacial score (nSPS) is 14.1. The summed E-state index contributed by atoms with van der Waals surface area (Å²) in [4.78, 5) is 49.0. The third-order valence-electron chi connectivity index (χ3n) is 7.40. The van der Waals surface area contributed by atoms with Crippen molar-refractivity contribution in [1.29, 1.82) is 0 Å². The fourth-order valence-electron chi connectivity index (χ4n) is 5.31. The Balaban J connectivity index is 1.41. The molecular formula is C31H23ClFN7O4. The number of nitrogens with two attached hydrogens (primary N) is 1. The second kappa shape index (κ2) is 11.6. The van der Waals surface area contributed by atoms with E-state index in [1.54, 1.807) is 24.5 Å². The number of carbonyl (C=O) groups excluding carboxylic acids is 2. The molecule has 6 rings (SSSR count). The van der Waals surface area contributed by atoms with Crippen molar-refractivity contribution in [3.05, 3.63) is 119 Å². The summed E-state index contributed by atoms with van der Waals surface area (Å²) in [6, 6.07) is 14.4. The average Bonchev–Trinajstić information content (AvgIpc) is 3.42. The molecule has 0 bridgehead atoms. The Bertz CT molecular complexity index is 1910. The third-order valence-corrected chi connectivity index (χ3v) is 7.69. The number of nitrogens with one attached hydrogen (secondary N) is 1. The second-order valence-electron chi connectivity index (χ2n) is 9.95. The topological polar surface area (TPSA) is 156 Å². The van der Waals surface area contributed by atoms with E-state index in [4.69, 9.17) is 17.3 Å². The zero-order valence-corrected chi connectivity index (χ0v) is 23.6. The highest BCUT2D eigenvalue weighted by Crippen LogP contribution is 2.38. The van der Waals surface area contributed by atoms with E-state index in [9.17, 15) is 23.9 Å². The maximum absolute atomic E-state index is 14.8. The van der Waals surface area contributed by atoms with Gasteiger partial charge in [-0.3, -0.25) is 9.59 Å². The lowest BCUT2D eigenvalue weighted by molar-refractivity contribution is -0.121. The number of nitrogens with zero attached hydrogens (tertiary/aromatic N) is 5. The van der Waals surface area contributed by atoms with Crippen molar-refractivity contribution in [3.63, 3.8) is 0 Å². The van der Waals surface area contributed by atoms with Gasteiger partial charge in [0.2, 0.25) is 0 Å². The lowest BCUT2D eigenvalue weighted by Gasteiger charge is -2.37. The predicted octanol–water partition coefficient (Wildman–Crippen LogP) is 4.78. The Morgan fingerprint density at radius 1 is 1.00 bits per heavy atom. The summed E-state index contributed by atoms with van der Waals surface area (Å²) in [7, 11) is 0. The van der Waals surface area contributed by atoms with Gasteiger partial charge >= 0.3 is 5.97 Å². The summed E-state index contributed by atoms with van der Waals surface area (Å²) in [5.41, 5.74) is 9.66. The van der Waals surface area contributed by atoms with Gasteiger partial charge in [-0.15, -0.1) is 0 Å². The van der Waals surface area contributed by atoms with Gasteiger partial charge in [-0.05, 0) is 59.5 Å². The zero-order valence-electron chi connectivity index (χ0n) is 22.8. The number of anilines is 2. The average molecular weight is 612 g/mol. The highest BCUT2D eigenvalue weighted by molar-refractivity contribution is 6.30. The van der Waals surface area contributed by atoms with E-state index in [-0.39, 0.29) is 34.2 Å². The number of fused-ring (bicyclic) bond motifs is 1. The van der Waals surface area contributed by atoms with Gasteiger partial charge in [0.05, 0.1) is 16.8 Å². The molecule has 0 spiro atoms. The number of benzene rings is 3. The Hall–Kier alpha value is -5.62. The molecule has 1 aliphatic heterocycles. The number of hydrogen-bond donors (Lipinski definition) is 3. The van der Waals surface area contributed by atoms with Crippen LogP contribution in [-0.2, 0) is 11.2 Å². The van der Waals surface area contributed by atoms with E-state index in [0.717, 1.165) is 21.4 Å². The largest absolute Gasteiger partial charge is 0.478 e. The molecular weight excluding hydrogens is 589 g/mol. The number of carboxylic acids is 1. The first-order chi connectivity index (χ1) is 21.2. The molecule has 3 heterocycles. The van der Waals surface area contributed by atoms with Crippen LogP contribution in [0.25, 0.3) is 16.8 Å². The van der Waals surface area contributed by atoms with E-state index < -0.39 is 29.6 Å². The number of carbonyl (C=O) groups is 3. The van der Waals surface area contributed by atoms with E-state index in [1.807, 2.05) is 6.07 Å². The highest BCUT2D eigenvalue weighted by atomic mass is 35.5. The van der Waals surface area contributed by atoms with Crippen molar-refractivity contribution in [3.8, 4) is 16.8 Å². The molecule has 2 amide bonds. The number of amides is 2. The molecule has 0 saturated heterocycles. The Morgan fingerprint density at radius 3 is 2.45 bits per heavy atom. The van der Waals surface area contributed by atoms with Crippen molar-refractivity contribution in [2.45, 2.75) is 12.5 Å². The van der Waals surface area contributed by atoms with Crippen LogP contribution < -0.4 is 11.1 Å². The summed E-state index contributed by atoms with van der Waals surface area (Å²) in [5, 5.41) is 16.1. The first-order valence-corrected chi connectivity index (χ1v) is 13.7. The van der Waals surface area contributed by atoms with Crippen LogP contribution >= 0.6 is 11.6 Å². The van der Waals surface area contributed by atoms with Crippen molar-refractivity contribution in [2.75, 3.05) is 17.6 Å². The molecule has 0 radical (unpaired) electrons. The van der Waals surface area contributed by atoms with Gasteiger partial charge in [0.25, 0.3) is 11.8 Å². The molecule has 1 aliphatic rings. The van der Waals surface area contributed by atoms with Crippen LogP contribution in [0.2, 0.25) is 5.02 Å². The SMILES string of the molecule is Nc1c(C(=O)N2CCc3c(-c4cncnc4)cccc3C2C(=O)Nc2ccc(C(=O)O)cc2)cnn1-c1cccc(Cl)c1F. The Kier molecular flexibility index (Phi) is 7.50. The van der Waals surface area contributed by atoms with Crippen LogP contribution in [0.3, 0.4) is 0 Å². The summed E-state index contributed by atoms with van der Waals surface area (Å²) in [6.45, 7) is 0.142. The van der Waals surface area contributed by atoms with Gasteiger partial charge in [-0.1, -0.05) is 35.9 Å². The molecule has 44 heavy (non-hydrogen) atoms. The van der Waals surface area contributed by atoms with Crippen LogP contribution in [0.5, 0.6) is 0 Å². The van der Waals surface area contributed by atoms with E-state index >= 15 is 0 Å². The van der Waals surface area contributed by atoms with Crippen molar-refractivity contribution >= 4 is 40.9 Å². The molecule has 2 aromatic heterocycles. The smallest absolute Gasteiger partial charge is 0.335 e. The van der Waals surface area contributed by atoms with Crippen LogP contribution in [0.4, 0.5) is 15.9 Å². The molecule has 1 atom stereocenters. The molecule has 13 heteroatoms. The monoisotopic (exact) mass is 611 g/mol. The van der Waals surface area contributed by atoms with Crippen molar-refractivity contribution in [2.24, 2.45) is 0 Å². The minimum atomic E-state index is -1.11. The van der Waals surface area contributed by atoms with E-state index in [2.05, 4.69) is 20.4 Å². The number of aromatic nitrogens is 4. The minimum absolute atomic E-state index is 0.0240. The quantitative estimate of drug-likeness (QED) is 0.248. The zero-order chi connectivity index (χ0) is 31.0. The predicted molar refractivity (Wildman–Crippen MR) is 160 cm³/mol. The van der Waals surface area contributed by atoms with Crippen LogP contribution in [-0.4, -0.2) is 54.1 Å². The summed E-state index contributed by atoms with van der Waals surface area (Å²) in [6.07, 6.45) is 6.39. The fraction of sp³-hybridized carbons (Fsp3) is 0.0968. The number of aromatic carboxylic acids is 1. The Labute approximate surface area is 254 Å². The molecule has 220 valence electrons. The van der Waals surface area contributed by atoms with Crippen LogP contribution in [0.15, 0.2) is 85.6 Å². The number of rotatable bonds is 6. The fourth-order valence-corrected chi connectivity index (χ4v) is 5.48. The first-order valence-electron chi connectivity index (χ1n) is 13.3. The standard InChI is InChI=1S/C31H23ClFN7O4/c32-24-5-2-6-25(26(24)33)40-28(34)23(15-37-40)30(42)39-12-11-21-20(18-13-35-16-36-14-18)3-1-4-22(21)27(39)29(41)38-19-9-7-17(8-10-19)31(43)44/h1-10,13-16,27H,11-12,34H2,(H,38,41)(H,43,44). The number of hydrogen-bond acceptors (Lipinski definition) is 7. The lowest BCUT2D eigenvalue weighted by atomic mass is 9.86. The van der Waals surface area contributed by atoms with Crippen molar-refractivity contribution in [1.82, 2.24) is 24.6 Å².